The number of halogens is 1. The minimum atomic E-state index is 0. The molecule has 1 fully saturated rings. The summed E-state index contributed by atoms with van der Waals surface area (Å²) in [5.74, 6) is 2.60. The number of nitrogens with zero attached hydrogens (tertiary/aromatic N) is 2. The highest BCUT2D eigenvalue weighted by atomic mass is 127. The van der Waals surface area contributed by atoms with Crippen molar-refractivity contribution in [2.24, 2.45) is 10.9 Å². The van der Waals surface area contributed by atoms with Gasteiger partial charge in [0.15, 0.2) is 5.96 Å². The highest BCUT2D eigenvalue weighted by molar-refractivity contribution is 14.0. The van der Waals surface area contributed by atoms with E-state index in [0.717, 1.165) is 30.7 Å². The van der Waals surface area contributed by atoms with Gasteiger partial charge in [0, 0.05) is 13.6 Å². The number of para-hydroxylation sites is 1. The molecule has 0 amide bonds. The van der Waals surface area contributed by atoms with Gasteiger partial charge < -0.3 is 20.3 Å². The normalized spacial score (nSPS) is 16.3. The van der Waals surface area contributed by atoms with Crippen molar-refractivity contribution in [1.29, 1.82) is 0 Å². The topological polar surface area (TPSA) is 48.9 Å². The Morgan fingerprint density at radius 1 is 1.17 bits per heavy atom. The van der Waals surface area contributed by atoms with Crippen LogP contribution in [-0.4, -0.2) is 57.7 Å². The second-order valence-electron chi connectivity index (χ2n) is 6.12. The molecule has 0 atom stereocenters. The number of ether oxygens (including phenoxy) is 1. The van der Waals surface area contributed by atoms with E-state index in [1.54, 1.807) is 0 Å². The fourth-order valence-electron chi connectivity index (χ4n) is 2.82. The highest BCUT2D eigenvalue weighted by Crippen LogP contribution is 2.18. The highest BCUT2D eigenvalue weighted by Gasteiger charge is 2.16. The number of hydrogen-bond acceptors (Lipinski definition) is 3. The van der Waals surface area contributed by atoms with Gasteiger partial charge in [0.05, 0.1) is 6.54 Å². The van der Waals surface area contributed by atoms with Gasteiger partial charge >= 0.3 is 0 Å². The molecule has 0 aliphatic carbocycles. The molecule has 1 aliphatic heterocycles. The average molecular weight is 446 g/mol. The van der Waals surface area contributed by atoms with E-state index in [-0.39, 0.29) is 24.0 Å². The SMILES string of the molecule is CN=C(NCCOc1ccccc1)NCCC1CCN(C)CC1.I. The number of nitrogens with one attached hydrogen (secondary N) is 2. The number of guanidine groups is 1. The van der Waals surface area contributed by atoms with Crippen molar-refractivity contribution in [2.45, 2.75) is 19.3 Å². The maximum atomic E-state index is 5.66. The second-order valence-corrected chi connectivity index (χ2v) is 6.12. The summed E-state index contributed by atoms with van der Waals surface area (Å²) in [6.45, 7) is 4.80. The first kappa shape index (κ1) is 21.0. The number of hydrogen-bond donors (Lipinski definition) is 2. The van der Waals surface area contributed by atoms with Crippen molar-refractivity contribution in [2.75, 3.05) is 46.9 Å². The quantitative estimate of drug-likeness (QED) is 0.293. The third-order valence-electron chi connectivity index (χ3n) is 4.31. The van der Waals surface area contributed by atoms with Crippen molar-refractivity contribution >= 4 is 29.9 Å². The maximum Gasteiger partial charge on any atom is 0.191 e. The molecule has 1 aromatic carbocycles. The van der Waals surface area contributed by atoms with E-state index < -0.39 is 0 Å². The molecule has 2 N–H and O–H groups in total. The lowest BCUT2D eigenvalue weighted by Crippen LogP contribution is -2.40. The summed E-state index contributed by atoms with van der Waals surface area (Å²) >= 11 is 0. The van der Waals surface area contributed by atoms with Crippen LogP contribution in [-0.2, 0) is 0 Å². The molecular formula is C18H31IN4O. The Morgan fingerprint density at radius 2 is 1.83 bits per heavy atom. The summed E-state index contributed by atoms with van der Waals surface area (Å²) in [5, 5.41) is 6.69. The van der Waals surface area contributed by atoms with E-state index in [0.29, 0.717) is 6.61 Å². The molecule has 136 valence electrons. The van der Waals surface area contributed by atoms with E-state index in [1.807, 2.05) is 37.4 Å². The van der Waals surface area contributed by atoms with Crippen LogP contribution in [0.15, 0.2) is 35.3 Å². The second kappa shape index (κ2) is 12.4. The molecule has 24 heavy (non-hydrogen) atoms. The Labute approximate surface area is 163 Å². The molecule has 2 rings (SSSR count). The van der Waals surface area contributed by atoms with Gasteiger partial charge in [-0.05, 0) is 57.5 Å². The lowest BCUT2D eigenvalue weighted by molar-refractivity contribution is 0.213. The fraction of sp³-hybridized carbons (Fsp3) is 0.611. The van der Waals surface area contributed by atoms with Crippen LogP contribution in [0.1, 0.15) is 19.3 Å². The van der Waals surface area contributed by atoms with Gasteiger partial charge in [0.25, 0.3) is 0 Å². The van der Waals surface area contributed by atoms with Gasteiger partial charge in [-0.2, -0.15) is 0 Å². The Hall–Kier alpha value is -1.02. The first-order chi connectivity index (χ1) is 11.3. The minimum Gasteiger partial charge on any atom is -0.492 e. The van der Waals surface area contributed by atoms with Crippen LogP contribution in [0, 0.1) is 5.92 Å². The molecule has 0 bridgehead atoms. The van der Waals surface area contributed by atoms with E-state index >= 15 is 0 Å². The summed E-state index contributed by atoms with van der Waals surface area (Å²) in [7, 11) is 4.01. The van der Waals surface area contributed by atoms with Crippen molar-refractivity contribution in [3.63, 3.8) is 0 Å². The van der Waals surface area contributed by atoms with Gasteiger partial charge in [-0.25, -0.2) is 0 Å². The van der Waals surface area contributed by atoms with Crippen LogP contribution in [0.5, 0.6) is 5.75 Å². The third-order valence-corrected chi connectivity index (χ3v) is 4.31. The van der Waals surface area contributed by atoms with Crippen molar-refractivity contribution in [3.05, 3.63) is 30.3 Å². The average Bonchev–Trinajstić information content (AvgIpc) is 2.59. The van der Waals surface area contributed by atoms with E-state index in [4.69, 9.17) is 4.74 Å². The first-order valence-corrected chi connectivity index (χ1v) is 8.59. The zero-order chi connectivity index (χ0) is 16.3. The van der Waals surface area contributed by atoms with Crippen molar-refractivity contribution < 1.29 is 4.74 Å². The van der Waals surface area contributed by atoms with E-state index in [2.05, 4.69) is 27.6 Å². The summed E-state index contributed by atoms with van der Waals surface area (Å²) in [6, 6.07) is 9.88. The number of piperidine rings is 1. The standard InChI is InChI=1S/C18H30N4O.HI/c1-19-18(20-11-8-16-9-13-22(2)14-10-16)21-12-15-23-17-6-4-3-5-7-17;/h3-7,16H,8-15H2,1-2H3,(H2,19,20,21);1H. The van der Waals surface area contributed by atoms with Crippen molar-refractivity contribution in [1.82, 2.24) is 15.5 Å². The molecule has 0 spiro atoms. The number of benzene rings is 1. The summed E-state index contributed by atoms with van der Waals surface area (Å²) in [5.41, 5.74) is 0. The van der Waals surface area contributed by atoms with Crippen LogP contribution in [0.25, 0.3) is 0 Å². The van der Waals surface area contributed by atoms with Crippen LogP contribution >= 0.6 is 24.0 Å². The third kappa shape index (κ3) is 8.19. The largest absolute Gasteiger partial charge is 0.492 e. The first-order valence-electron chi connectivity index (χ1n) is 8.59. The molecule has 0 saturated carbocycles. The lowest BCUT2D eigenvalue weighted by atomic mass is 9.94. The zero-order valence-corrected chi connectivity index (χ0v) is 17.2. The molecule has 1 saturated heterocycles. The molecule has 0 radical (unpaired) electrons. The smallest absolute Gasteiger partial charge is 0.191 e. The predicted molar refractivity (Wildman–Crippen MR) is 112 cm³/mol. The van der Waals surface area contributed by atoms with Gasteiger partial charge in [0.2, 0.25) is 0 Å². The number of aliphatic imine (C=N–C) groups is 1. The van der Waals surface area contributed by atoms with Gasteiger partial charge in [-0.3, -0.25) is 4.99 Å². The minimum absolute atomic E-state index is 0. The Kier molecular flexibility index (Phi) is 10.8. The Balaban J connectivity index is 0.00000288. The molecule has 1 aromatic rings. The molecule has 5 nitrogen and oxygen atoms in total. The molecule has 1 heterocycles. The Bertz CT molecular complexity index is 461. The maximum absolute atomic E-state index is 5.66. The molecule has 0 unspecified atom stereocenters. The van der Waals surface area contributed by atoms with Gasteiger partial charge in [-0.15, -0.1) is 24.0 Å². The van der Waals surface area contributed by atoms with Crippen molar-refractivity contribution in [3.8, 4) is 5.75 Å². The van der Waals surface area contributed by atoms with Crippen LogP contribution in [0.2, 0.25) is 0 Å². The fourth-order valence-corrected chi connectivity index (χ4v) is 2.82. The molecule has 1 aliphatic rings. The van der Waals surface area contributed by atoms with Crippen LogP contribution in [0.4, 0.5) is 0 Å². The van der Waals surface area contributed by atoms with Crippen LogP contribution in [0.3, 0.4) is 0 Å². The zero-order valence-electron chi connectivity index (χ0n) is 14.8. The van der Waals surface area contributed by atoms with Gasteiger partial charge in [0.1, 0.15) is 12.4 Å². The lowest BCUT2D eigenvalue weighted by Gasteiger charge is -2.29. The van der Waals surface area contributed by atoms with Crippen LogP contribution < -0.4 is 15.4 Å². The summed E-state index contributed by atoms with van der Waals surface area (Å²) in [4.78, 5) is 6.67. The van der Waals surface area contributed by atoms with Gasteiger partial charge in [-0.1, -0.05) is 18.2 Å². The van der Waals surface area contributed by atoms with E-state index in [9.17, 15) is 0 Å². The Morgan fingerprint density at radius 3 is 2.50 bits per heavy atom. The predicted octanol–water partition coefficient (Wildman–Crippen LogP) is 2.58. The molecule has 6 heteroatoms. The molecular weight excluding hydrogens is 415 g/mol. The monoisotopic (exact) mass is 446 g/mol. The number of likely N-dealkylation sites (tertiary alicyclic amines) is 1. The molecule has 0 aromatic heterocycles. The summed E-state index contributed by atoms with van der Waals surface area (Å²) in [6.07, 6.45) is 3.85. The summed E-state index contributed by atoms with van der Waals surface area (Å²) < 4.78 is 5.66. The number of rotatable bonds is 7. The van der Waals surface area contributed by atoms with E-state index in [1.165, 1.54) is 32.4 Å².